The topological polar surface area (TPSA) is 79.5 Å². The van der Waals surface area contributed by atoms with Crippen LogP contribution in [-0.2, 0) is 0 Å². The van der Waals surface area contributed by atoms with E-state index in [0.29, 0.717) is 34.5 Å². The minimum atomic E-state index is -0.561. The smallest absolute Gasteiger partial charge is 0.337 e. The number of carbonyl (C=O) groups excluding carboxylic acids is 2. The fourth-order valence-electron chi connectivity index (χ4n) is 2.00. The van der Waals surface area contributed by atoms with Crippen molar-refractivity contribution in [2.45, 2.75) is 20.3 Å². The highest BCUT2D eigenvalue weighted by molar-refractivity contribution is 6.30. The molecular formula is C19H22ClN3O3. The number of hydrazine groups is 1. The van der Waals surface area contributed by atoms with Crippen LogP contribution in [0.3, 0.4) is 0 Å². The first-order valence-corrected chi connectivity index (χ1v) is 8.67. The third-order valence-electron chi connectivity index (χ3n) is 3.47. The van der Waals surface area contributed by atoms with Crippen molar-refractivity contribution in [1.82, 2.24) is 10.9 Å². The zero-order chi connectivity index (χ0) is 18.9. The van der Waals surface area contributed by atoms with Crippen LogP contribution in [0.4, 0.5) is 10.5 Å². The van der Waals surface area contributed by atoms with Crippen molar-refractivity contribution in [1.29, 1.82) is 0 Å². The highest BCUT2D eigenvalue weighted by atomic mass is 35.5. The lowest BCUT2D eigenvalue weighted by Crippen LogP contribution is -2.43. The maximum absolute atomic E-state index is 12.0. The molecule has 0 atom stereocenters. The van der Waals surface area contributed by atoms with Gasteiger partial charge in [0, 0.05) is 16.3 Å². The second-order valence-electron chi connectivity index (χ2n) is 6.10. The summed E-state index contributed by atoms with van der Waals surface area (Å²) in [4.78, 5) is 23.8. The Labute approximate surface area is 157 Å². The molecule has 3 N–H and O–H groups in total. The van der Waals surface area contributed by atoms with Crippen LogP contribution in [0.15, 0.2) is 48.5 Å². The number of nitrogens with one attached hydrogen (secondary N) is 3. The molecular weight excluding hydrogens is 354 g/mol. The molecule has 0 aliphatic carbocycles. The molecule has 0 saturated heterocycles. The normalized spacial score (nSPS) is 10.3. The van der Waals surface area contributed by atoms with Crippen molar-refractivity contribution in [3.63, 3.8) is 0 Å². The van der Waals surface area contributed by atoms with Gasteiger partial charge in [-0.15, -0.1) is 0 Å². The van der Waals surface area contributed by atoms with Gasteiger partial charge in [0.1, 0.15) is 5.75 Å². The van der Waals surface area contributed by atoms with E-state index >= 15 is 0 Å². The first kappa shape index (κ1) is 19.6. The number of urea groups is 1. The Bertz CT molecular complexity index is 731. The van der Waals surface area contributed by atoms with Crippen LogP contribution in [0.25, 0.3) is 0 Å². The van der Waals surface area contributed by atoms with Crippen LogP contribution in [0.1, 0.15) is 30.6 Å². The van der Waals surface area contributed by atoms with Gasteiger partial charge in [-0.25, -0.2) is 10.2 Å². The largest absolute Gasteiger partial charge is 0.494 e. The molecule has 0 aliphatic rings. The van der Waals surface area contributed by atoms with Gasteiger partial charge < -0.3 is 10.1 Å². The molecule has 0 spiro atoms. The van der Waals surface area contributed by atoms with Crippen molar-refractivity contribution >= 4 is 29.2 Å². The second kappa shape index (κ2) is 9.68. The molecule has 2 aromatic rings. The maximum atomic E-state index is 12.0. The molecule has 0 aromatic heterocycles. The molecule has 26 heavy (non-hydrogen) atoms. The van der Waals surface area contributed by atoms with Gasteiger partial charge >= 0.3 is 6.03 Å². The Morgan fingerprint density at radius 1 is 1.00 bits per heavy atom. The van der Waals surface area contributed by atoms with E-state index in [9.17, 15) is 9.59 Å². The standard InChI is InChI=1S/C19H22ClN3O3/c1-13(2)11-12-26-17-9-3-14(4-10-17)18(24)22-23-19(25)21-16-7-5-15(20)6-8-16/h3-10,13H,11-12H2,1-2H3,(H,22,24)(H2,21,23,25). The van der Waals surface area contributed by atoms with Gasteiger partial charge in [0.05, 0.1) is 6.61 Å². The van der Waals surface area contributed by atoms with E-state index in [0.717, 1.165) is 6.42 Å². The summed E-state index contributed by atoms with van der Waals surface area (Å²) in [6.45, 7) is 4.90. The molecule has 0 saturated carbocycles. The number of benzene rings is 2. The van der Waals surface area contributed by atoms with E-state index in [1.54, 1.807) is 48.5 Å². The number of hydrogen-bond donors (Lipinski definition) is 3. The molecule has 0 bridgehead atoms. The number of rotatable bonds is 6. The van der Waals surface area contributed by atoms with E-state index in [4.69, 9.17) is 16.3 Å². The minimum absolute atomic E-state index is 0.410. The van der Waals surface area contributed by atoms with Crippen LogP contribution in [0.2, 0.25) is 5.02 Å². The van der Waals surface area contributed by atoms with Gasteiger partial charge in [-0.05, 0) is 60.9 Å². The van der Waals surface area contributed by atoms with Crippen molar-refractivity contribution in [3.8, 4) is 5.75 Å². The Hall–Kier alpha value is -2.73. The van der Waals surface area contributed by atoms with E-state index < -0.39 is 11.9 Å². The number of carbonyl (C=O) groups is 2. The Morgan fingerprint density at radius 3 is 2.27 bits per heavy atom. The number of amides is 3. The van der Waals surface area contributed by atoms with E-state index in [2.05, 4.69) is 30.0 Å². The molecule has 2 aromatic carbocycles. The molecule has 0 aliphatic heterocycles. The van der Waals surface area contributed by atoms with Crippen molar-refractivity contribution < 1.29 is 14.3 Å². The quantitative estimate of drug-likeness (QED) is 0.661. The van der Waals surface area contributed by atoms with E-state index in [1.807, 2.05) is 0 Å². The monoisotopic (exact) mass is 375 g/mol. The maximum Gasteiger partial charge on any atom is 0.337 e. The van der Waals surface area contributed by atoms with Crippen LogP contribution in [0.5, 0.6) is 5.75 Å². The van der Waals surface area contributed by atoms with Gasteiger partial charge in [0.2, 0.25) is 0 Å². The van der Waals surface area contributed by atoms with Crippen LogP contribution >= 0.6 is 11.6 Å². The van der Waals surface area contributed by atoms with Crippen LogP contribution in [0, 0.1) is 5.92 Å². The lowest BCUT2D eigenvalue weighted by atomic mass is 10.1. The third kappa shape index (κ3) is 6.64. The summed E-state index contributed by atoms with van der Waals surface area (Å²) >= 11 is 5.78. The molecule has 0 radical (unpaired) electrons. The van der Waals surface area contributed by atoms with Crippen molar-refractivity contribution in [2.75, 3.05) is 11.9 Å². The van der Waals surface area contributed by atoms with Gasteiger partial charge in [0.15, 0.2) is 0 Å². The average molecular weight is 376 g/mol. The zero-order valence-corrected chi connectivity index (χ0v) is 15.5. The second-order valence-corrected chi connectivity index (χ2v) is 6.53. The summed E-state index contributed by atoms with van der Waals surface area (Å²) in [6, 6.07) is 12.8. The Balaban J connectivity index is 1.78. The molecule has 6 nitrogen and oxygen atoms in total. The van der Waals surface area contributed by atoms with Crippen molar-refractivity contribution in [2.24, 2.45) is 5.92 Å². The molecule has 0 unspecified atom stereocenters. The van der Waals surface area contributed by atoms with Crippen molar-refractivity contribution in [3.05, 3.63) is 59.1 Å². The van der Waals surface area contributed by atoms with Gasteiger partial charge in [-0.3, -0.25) is 10.2 Å². The number of anilines is 1. The Morgan fingerprint density at radius 2 is 1.65 bits per heavy atom. The van der Waals surface area contributed by atoms with Gasteiger partial charge in [-0.1, -0.05) is 25.4 Å². The summed E-state index contributed by atoms with van der Waals surface area (Å²) in [5, 5.41) is 3.14. The minimum Gasteiger partial charge on any atom is -0.494 e. The zero-order valence-electron chi connectivity index (χ0n) is 14.7. The fourth-order valence-corrected chi connectivity index (χ4v) is 2.12. The van der Waals surface area contributed by atoms with Gasteiger partial charge in [-0.2, -0.15) is 0 Å². The highest BCUT2D eigenvalue weighted by Gasteiger charge is 2.08. The molecule has 2 rings (SSSR count). The summed E-state index contributed by atoms with van der Waals surface area (Å²) in [5.74, 6) is 0.853. The number of ether oxygens (including phenoxy) is 1. The Kier molecular flexibility index (Phi) is 7.29. The first-order valence-electron chi connectivity index (χ1n) is 8.30. The molecule has 7 heteroatoms. The summed E-state index contributed by atoms with van der Waals surface area (Å²) in [5.41, 5.74) is 5.60. The predicted octanol–water partition coefficient (Wildman–Crippen LogP) is 4.23. The molecule has 3 amide bonds. The summed E-state index contributed by atoms with van der Waals surface area (Å²) < 4.78 is 5.60. The predicted molar refractivity (Wildman–Crippen MR) is 102 cm³/mol. The average Bonchev–Trinajstić information content (AvgIpc) is 2.62. The number of hydrogen-bond acceptors (Lipinski definition) is 3. The van der Waals surface area contributed by atoms with Crippen LogP contribution < -0.4 is 20.9 Å². The summed E-state index contributed by atoms with van der Waals surface area (Å²) in [7, 11) is 0. The van der Waals surface area contributed by atoms with E-state index in [-0.39, 0.29) is 0 Å². The molecule has 0 heterocycles. The first-order chi connectivity index (χ1) is 12.4. The highest BCUT2D eigenvalue weighted by Crippen LogP contribution is 2.14. The van der Waals surface area contributed by atoms with Gasteiger partial charge in [0.25, 0.3) is 5.91 Å². The molecule has 138 valence electrons. The van der Waals surface area contributed by atoms with Crippen LogP contribution in [-0.4, -0.2) is 18.5 Å². The number of halogens is 1. The molecule has 0 fully saturated rings. The van der Waals surface area contributed by atoms with E-state index in [1.165, 1.54) is 0 Å². The lowest BCUT2D eigenvalue weighted by Gasteiger charge is -2.10. The SMILES string of the molecule is CC(C)CCOc1ccc(C(=O)NNC(=O)Nc2ccc(Cl)cc2)cc1. The summed E-state index contributed by atoms with van der Waals surface area (Å²) in [6.07, 6.45) is 0.967. The fraction of sp³-hybridized carbons (Fsp3) is 0.263. The lowest BCUT2D eigenvalue weighted by molar-refractivity contribution is 0.0938. The third-order valence-corrected chi connectivity index (χ3v) is 3.72.